The topological polar surface area (TPSA) is 22.1 Å². The van der Waals surface area contributed by atoms with Crippen molar-refractivity contribution in [3.63, 3.8) is 0 Å². The Balaban J connectivity index is 1.64. The summed E-state index contributed by atoms with van der Waals surface area (Å²) in [5.74, 6) is 0.815. The molecule has 20 heavy (non-hydrogen) atoms. The number of thiazole rings is 1. The van der Waals surface area contributed by atoms with E-state index in [9.17, 15) is 0 Å². The van der Waals surface area contributed by atoms with E-state index in [0.717, 1.165) is 24.3 Å². The maximum absolute atomic E-state index is 6.01. The number of hydrogen-bond acceptors (Lipinski definition) is 3. The lowest BCUT2D eigenvalue weighted by molar-refractivity contribution is 0.477. The summed E-state index contributed by atoms with van der Waals surface area (Å²) in [6.45, 7) is 0. The van der Waals surface area contributed by atoms with E-state index in [1.54, 1.807) is 0 Å². The first kappa shape index (κ1) is 13.4. The highest BCUT2D eigenvalue weighted by atomic mass is 35.5. The second kappa shape index (κ2) is 6.25. The van der Waals surface area contributed by atoms with Gasteiger partial charge >= 0.3 is 0 Å². The molecular formula is C16H14ClNOS. The van der Waals surface area contributed by atoms with E-state index >= 15 is 0 Å². The molecule has 2 aromatic rings. The van der Waals surface area contributed by atoms with Gasteiger partial charge in [0, 0.05) is 11.8 Å². The van der Waals surface area contributed by atoms with E-state index in [1.165, 1.54) is 16.9 Å². The van der Waals surface area contributed by atoms with Crippen molar-refractivity contribution < 1.29 is 4.74 Å². The zero-order chi connectivity index (χ0) is 13.8. The van der Waals surface area contributed by atoms with Crippen LogP contribution in [0.2, 0.25) is 0 Å². The molecule has 3 rings (SSSR count). The van der Waals surface area contributed by atoms with Crippen molar-refractivity contribution in [3.05, 3.63) is 65.2 Å². The second-order valence-corrected chi connectivity index (χ2v) is 5.97. The van der Waals surface area contributed by atoms with Gasteiger partial charge in [-0.1, -0.05) is 47.8 Å². The molecule has 102 valence electrons. The van der Waals surface area contributed by atoms with Crippen LogP contribution in [0.4, 0.5) is 0 Å². The molecule has 0 saturated carbocycles. The lowest BCUT2D eigenvalue weighted by atomic mass is 10.0. The first-order chi connectivity index (χ1) is 9.79. The summed E-state index contributed by atoms with van der Waals surface area (Å²) in [6.07, 6.45) is 8.01. The van der Waals surface area contributed by atoms with E-state index in [0.29, 0.717) is 5.19 Å². The molecule has 1 aliphatic carbocycles. The molecule has 1 aromatic heterocycles. The average Bonchev–Trinajstić information content (AvgIpc) is 2.90. The first-order valence-electron chi connectivity index (χ1n) is 6.48. The number of para-hydroxylation sites is 1. The summed E-state index contributed by atoms with van der Waals surface area (Å²) in [6, 6.07) is 9.71. The number of benzene rings is 1. The van der Waals surface area contributed by atoms with Gasteiger partial charge in [-0.05, 0) is 24.1 Å². The Bertz CT molecular complexity index is 633. The molecule has 0 N–H and O–H groups in total. The Morgan fingerprint density at radius 2 is 2.15 bits per heavy atom. The number of rotatable bonds is 4. The number of alkyl halides is 1. The predicted octanol–water partition coefficient (Wildman–Crippen LogP) is 4.97. The van der Waals surface area contributed by atoms with Gasteiger partial charge in [0.2, 0.25) is 0 Å². The molecule has 4 heteroatoms. The smallest absolute Gasteiger partial charge is 0.278 e. The molecule has 1 heterocycles. The lowest BCUT2D eigenvalue weighted by Crippen LogP contribution is -1.99. The minimum Gasteiger partial charge on any atom is -0.431 e. The fourth-order valence-corrected chi connectivity index (χ4v) is 2.83. The molecule has 0 spiro atoms. The number of halogens is 1. The van der Waals surface area contributed by atoms with Gasteiger partial charge in [-0.25, -0.2) is 4.98 Å². The molecule has 0 bridgehead atoms. The molecule has 2 nitrogen and oxygen atoms in total. The molecule has 1 aliphatic rings. The summed E-state index contributed by atoms with van der Waals surface area (Å²) in [4.78, 5) is 4.51. The lowest BCUT2D eigenvalue weighted by Gasteiger charge is -2.08. The molecule has 1 aromatic carbocycles. The van der Waals surface area contributed by atoms with Gasteiger partial charge in [0.05, 0.1) is 11.1 Å². The van der Waals surface area contributed by atoms with Gasteiger partial charge in [0.15, 0.2) is 0 Å². The molecule has 0 radical (unpaired) electrons. The monoisotopic (exact) mass is 303 g/mol. The molecular weight excluding hydrogens is 290 g/mol. The van der Waals surface area contributed by atoms with Crippen molar-refractivity contribution in [3.8, 4) is 10.9 Å². The Kier molecular flexibility index (Phi) is 4.19. The number of ether oxygens (including phenoxy) is 1. The SMILES string of the molecule is ClC1C=CC(Cc2csc(Oc3ccccc3)n2)=CC1. The Morgan fingerprint density at radius 1 is 1.30 bits per heavy atom. The summed E-state index contributed by atoms with van der Waals surface area (Å²) < 4.78 is 5.71. The molecule has 0 saturated heterocycles. The fraction of sp³-hybridized carbons (Fsp3) is 0.188. The third kappa shape index (κ3) is 3.50. The maximum Gasteiger partial charge on any atom is 0.278 e. The van der Waals surface area contributed by atoms with Crippen molar-refractivity contribution in [2.75, 3.05) is 0 Å². The van der Waals surface area contributed by atoms with Gasteiger partial charge in [-0.3, -0.25) is 0 Å². The zero-order valence-corrected chi connectivity index (χ0v) is 12.4. The molecule has 1 unspecified atom stereocenters. The van der Waals surface area contributed by atoms with Crippen molar-refractivity contribution >= 4 is 22.9 Å². The van der Waals surface area contributed by atoms with Crippen LogP contribution in [-0.4, -0.2) is 10.4 Å². The molecule has 0 aliphatic heterocycles. The first-order valence-corrected chi connectivity index (χ1v) is 7.80. The summed E-state index contributed by atoms with van der Waals surface area (Å²) in [5.41, 5.74) is 2.29. The van der Waals surface area contributed by atoms with Gasteiger partial charge in [-0.2, -0.15) is 0 Å². The van der Waals surface area contributed by atoms with Gasteiger partial charge in [0.1, 0.15) is 5.75 Å². The quantitative estimate of drug-likeness (QED) is 0.744. The Labute approximate surface area is 127 Å². The van der Waals surface area contributed by atoms with Gasteiger partial charge in [0.25, 0.3) is 5.19 Å². The van der Waals surface area contributed by atoms with E-state index < -0.39 is 0 Å². The second-order valence-electron chi connectivity index (χ2n) is 4.59. The minimum atomic E-state index is 0.131. The third-order valence-corrected chi connectivity index (χ3v) is 4.08. The van der Waals surface area contributed by atoms with Crippen LogP contribution in [0.1, 0.15) is 12.1 Å². The summed E-state index contributed by atoms with van der Waals surface area (Å²) in [7, 11) is 0. The molecule has 0 fully saturated rings. The van der Waals surface area contributed by atoms with E-state index in [1.807, 2.05) is 41.8 Å². The van der Waals surface area contributed by atoms with Crippen LogP contribution < -0.4 is 4.74 Å². The van der Waals surface area contributed by atoms with Crippen LogP contribution >= 0.6 is 22.9 Å². The van der Waals surface area contributed by atoms with Crippen LogP contribution in [0.15, 0.2) is 59.5 Å². The van der Waals surface area contributed by atoms with Crippen molar-refractivity contribution in [1.82, 2.24) is 4.98 Å². The number of allylic oxidation sites excluding steroid dienone is 4. The van der Waals surface area contributed by atoms with E-state index in [-0.39, 0.29) is 5.38 Å². The predicted molar refractivity (Wildman–Crippen MR) is 83.8 cm³/mol. The zero-order valence-electron chi connectivity index (χ0n) is 10.8. The molecule has 0 amide bonds. The maximum atomic E-state index is 6.01. The van der Waals surface area contributed by atoms with Crippen LogP contribution in [0, 0.1) is 0 Å². The molecule has 1 atom stereocenters. The van der Waals surface area contributed by atoms with Crippen LogP contribution in [0.25, 0.3) is 0 Å². The Hall–Kier alpha value is -1.58. The number of aromatic nitrogens is 1. The normalized spacial score (nSPS) is 17.9. The van der Waals surface area contributed by atoms with Crippen molar-refractivity contribution in [2.45, 2.75) is 18.2 Å². The highest BCUT2D eigenvalue weighted by Crippen LogP contribution is 2.26. The van der Waals surface area contributed by atoms with Crippen LogP contribution in [0.5, 0.6) is 10.9 Å². The third-order valence-electron chi connectivity index (χ3n) is 2.99. The number of hydrogen-bond donors (Lipinski definition) is 0. The summed E-state index contributed by atoms with van der Waals surface area (Å²) >= 11 is 7.54. The highest BCUT2D eigenvalue weighted by Gasteiger charge is 2.09. The van der Waals surface area contributed by atoms with Gasteiger partial charge in [-0.15, -0.1) is 11.6 Å². The number of nitrogens with zero attached hydrogens (tertiary/aromatic N) is 1. The van der Waals surface area contributed by atoms with Crippen LogP contribution in [-0.2, 0) is 6.42 Å². The van der Waals surface area contributed by atoms with Gasteiger partial charge < -0.3 is 4.74 Å². The Morgan fingerprint density at radius 3 is 2.90 bits per heavy atom. The van der Waals surface area contributed by atoms with Crippen molar-refractivity contribution in [2.24, 2.45) is 0 Å². The minimum absolute atomic E-state index is 0.131. The fourth-order valence-electron chi connectivity index (χ4n) is 1.98. The van der Waals surface area contributed by atoms with Crippen molar-refractivity contribution in [1.29, 1.82) is 0 Å². The average molecular weight is 304 g/mol. The summed E-state index contributed by atoms with van der Waals surface area (Å²) in [5, 5.41) is 2.85. The van der Waals surface area contributed by atoms with Crippen LogP contribution in [0.3, 0.4) is 0 Å². The highest BCUT2D eigenvalue weighted by molar-refractivity contribution is 7.11. The standard InChI is InChI=1S/C16H14ClNOS/c17-13-8-6-12(7-9-13)10-14-11-20-16(18-14)19-15-4-2-1-3-5-15/h1-8,11,13H,9-10H2. The van der Waals surface area contributed by atoms with E-state index in [4.69, 9.17) is 16.3 Å². The van der Waals surface area contributed by atoms with E-state index in [2.05, 4.69) is 17.1 Å². The largest absolute Gasteiger partial charge is 0.431 e.